The van der Waals surface area contributed by atoms with Gasteiger partial charge in [0.25, 0.3) is 0 Å². The van der Waals surface area contributed by atoms with Gasteiger partial charge in [0.2, 0.25) is 0 Å². The Bertz CT molecular complexity index is 309. The number of esters is 1. The average Bonchev–Trinajstić information content (AvgIpc) is 2.91. The van der Waals surface area contributed by atoms with Crippen molar-refractivity contribution in [1.29, 1.82) is 0 Å². The second kappa shape index (κ2) is 7.96. The van der Waals surface area contributed by atoms with Crippen LogP contribution in [0.25, 0.3) is 0 Å². The van der Waals surface area contributed by atoms with Gasteiger partial charge in [0.15, 0.2) is 0 Å². The van der Waals surface area contributed by atoms with Crippen LogP contribution in [0.5, 0.6) is 0 Å². The highest BCUT2D eigenvalue weighted by molar-refractivity contribution is 5.80. The Morgan fingerprint density at radius 1 is 1.50 bits per heavy atom. The maximum Gasteiger partial charge on any atom is 0.325 e. The summed E-state index contributed by atoms with van der Waals surface area (Å²) in [5, 5.41) is 3.34. The molecule has 1 heterocycles. The Balaban J connectivity index is 2.48. The van der Waals surface area contributed by atoms with Gasteiger partial charge in [0, 0.05) is 19.1 Å². The normalized spacial score (nSPS) is 23.0. The molecule has 1 saturated heterocycles. The van der Waals surface area contributed by atoms with Crippen LogP contribution in [0.2, 0.25) is 0 Å². The van der Waals surface area contributed by atoms with Crippen LogP contribution in [0.4, 0.5) is 0 Å². The predicted octanol–water partition coefficient (Wildman–Crippen LogP) is 0.944. The number of ether oxygens (including phenoxy) is 1. The average molecular weight is 285 g/mol. The number of carbonyl (C=O) groups is 1. The summed E-state index contributed by atoms with van der Waals surface area (Å²) in [7, 11) is 5.73. The van der Waals surface area contributed by atoms with Crippen LogP contribution in [0.1, 0.15) is 33.1 Å². The van der Waals surface area contributed by atoms with Gasteiger partial charge >= 0.3 is 5.97 Å². The molecule has 0 spiro atoms. The lowest BCUT2D eigenvalue weighted by Crippen LogP contribution is -2.52. The molecule has 1 rings (SSSR count). The molecule has 20 heavy (non-hydrogen) atoms. The first-order valence-electron chi connectivity index (χ1n) is 7.65. The van der Waals surface area contributed by atoms with Crippen LogP contribution < -0.4 is 5.32 Å². The Morgan fingerprint density at radius 3 is 2.70 bits per heavy atom. The number of nitrogens with zero attached hydrogens (tertiary/aromatic N) is 2. The SMILES string of the molecule is CCCNC(C)(CCN1CCC(N(C)C)C1)C(=O)OC. The van der Waals surface area contributed by atoms with Crippen molar-refractivity contribution >= 4 is 5.97 Å². The topological polar surface area (TPSA) is 44.8 Å². The molecule has 5 nitrogen and oxygen atoms in total. The first-order chi connectivity index (χ1) is 9.42. The van der Waals surface area contributed by atoms with E-state index in [1.54, 1.807) is 0 Å². The number of likely N-dealkylation sites (N-methyl/N-ethyl adjacent to an activating group) is 1. The monoisotopic (exact) mass is 285 g/mol. The molecule has 2 atom stereocenters. The van der Waals surface area contributed by atoms with E-state index in [-0.39, 0.29) is 5.97 Å². The van der Waals surface area contributed by atoms with Gasteiger partial charge in [-0.15, -0.1) is 0 Å². The molecule has 5 heteroatoms. The molecule has 0 radical (unpaired) electrons. The minimum Gasteiger partial charge on any atom is -0.468 e. The summed E-state index contributed by atoms with van der Waals surface area (Å²) < 4.78 is 4.96. The number of carbonyl (C=O) groups excluding carboxylic acids is 1. The molecule has 0 amide bonds. The quantitative estimate of drug-likeness (QED) is 0.673. The summed E-state index contributed by atoms with van der Waals surface area (Å²) in [5.74, 6) is -0.158. The zero-order valence-electron chi connectivity index (χ0n) is 13.7. The fourth-order valence-corrected chi connectivity index (χ4v) is 2.71. The highest BCUT2D eigenvalue weighted by atomic mass is 16.5. The molecule has 0 aliphatic carbocycles. The lowest BCUT2D eigenvalue weighted by Gasteiger charge is -2.30. The summed E-state index contributed by atoms with van der Waals surface area (Å²) in [6.45, 7) is 8.05. The minimum atomic E-state index is -0.568. The smallest absolute Gasteiger partial charge is 0.325 e. The van der Waals surface area contributed by atoms with Gasteiger partial charge in [0.05, 0.1) is 7.11 Å². The molecule has 0 aromatic heterocycles. The molecule has 0 saturated carbocycles. The van der Waals surface area contributed by atoms with Crippen molar-refractivity contribution in [1.82, 2.24) is 15.1 Å². The van der Waals surface area contributed by atoms with Crippen LogP contribution in [-0.4, -0.2) is 74.7 Å². The number of rotatable bonds is 8. The molecule has 1 N–H and O–H groups in total. The van der Waals surface area contributed by atoms with E-state index in [1.807, 2.05) is 6.92 Å². The van der Waals surface area contributed by atoms with Crippen LogP contribution >= 0.6 is 0 Å². The van der Waals surface area contributed by atoms with E-state index in [0.717, 1.165) is 39.0 Å². The van der Waals surface area contributed by atoms with Gasteiger partial charge in [-0.2, -0.15) is 0 Å². The number of methoxy groups -OCH3 is 1. The second-order valence-electron chi connectivity index (χ2n) is 6.21. The third-order valence-corrected chi connectivity index (χ3v) is 4.31. The number of hydrogen-bond donors (Lipinski definition) is 1. The van der Waals surface area contributed by atoms with Gasteiger partial charge < -0.3 is 19.9 Å². The van der Waals surface area contributed by atoms with E-state index in [9.17, 15) is 4.79 Å². The van der Waals surface area contributed by atoms with Crippen LogP contribution in [0.15, 0.2) is 0 Å². The van der Waals surface area contributed by atoms with E-state index in [2.05, 4.69) is 36.1 Å². The van der Waals surface area contributed by atoms with Gasteiger partial charge in [-0.3, -0.25) is 4.79 Å². The minimum absolute atomic E-state index is 0.158. The highest BCUT2D eigenvalue weighted by Crippen LogP contribution is 2.18. The van der Waals surface area contributed by atoms with Gasteiger partial charge in [-0.05, 0) is 53.4 Å². The maximum atomic E-state index is 12.0. The molecule has 0 bridgehead atoms. The van der Waals surface area contributed by atoms with Crippen molar-refractivity contribution in [2.45, 2.75) is 44.7 Å². The summed E-state index contributed by atoms with van der Waals surface area (Å²) >= 11 is 0. The Labute approximate surface area is 123 Å². The molecule has 1 aliphatic rings. The predicted molar refractivity (Wildman–Crippen MR) is 81.9 cm³/mol. The van der Waals surface area contributed by atoms with Crippen molar-refractivity contribution in [3.8, 4) is 0 Å². The zero-order valence-corrected chi connectivity index (χ0v) is 13.7. The zero-order chi connectivity index (χ0) is 15.2. The van der Waals surface area contributed by atoms with E-state index in [4.69, 9.17) is 4.74 Å². The fraction of sp³-hybridized carbons (Fsp3) is 0.933. The molecule has 2 unspecified atom stereocenters. The molecular weight excluding hydrogens is 254 g/mol. The summed E-state index contributed by atoms with van der Waals surface area (Å²) in [4.78, 5) is 16.7. The Morgan fingerprint density at radius 2 is 2.20 bits per heavy atom. The standard InChI is InChI=1S/C15H31N3O2/c1-6-9-16-15(2,14(19)20-5)8-11-18-10-7-13(12-18)17(3)4/h13,16H,6-12H2,1-5H3. The van der Waals surface area contributed by atoms with E-state index < -0.39 is 5.54 Å². The molecule has 0 aromatic rings. The van der Waals surface area contributed by atoms with Crippen LogP contribution in [-0.2, 0) is 9.53 Å². The molecule has 1 fully saturated rings. The lowest BCUT2D eigenvalue weighted by atomic mass is 9.97. The number of likely N-dealkylation sites (tertiary alicyclic amines) is 1. The van der Waals surface area contributed by atoms with Crippen molar-refractivity contribution in [2.24, 2.45) is 0 Å². The highest BCUT2D eigenvalue weighted by Gasteiger charge is 2.34. The van der Waals surface area contributed by atoms with Crippen molar-refractivity contribution < 1.29 is 9.53 Å². The number of hydrogen-bond acceptors (Lipinski definition) is 5. The third kappa shape index (κ3) is 4.72. The molecular formula is C15H31N3O2. The lowest BCUT2D eigenvalue weighted by molar-refractivity contribution is -0.148. The van der Waals surface area contributed by atoms with Crippen molar-refractivity contribution in [2.75, 3.05) is 47.4 Å². The molecule has 1 aliphatic heterocycles. The van der Waals surface area contributed by atoms with Crippen molar-refractivity contribution in [3.63, 3.8) is 0 Å². The van der Waals surface area contributed by atoms with Crippen molar-refractivity contribution in [3.05, 3.63) is 0 Å². The van der Waals surface area contributed by atoms with E-state index >= 15 is 0 Å². The molecule has 118 valence electrons. The first-order valence-corrected chi connectivity index (χ1v) is 7.65. The summed E-state index contributed by atoms with van der Waals surface area (Å²) in [5.41, 5.74) is -0.568. The van der Waals surface area contributed by atoms with Gasteiger partial charge in [0.1, 0.15) is 5.54 Å². The number of nitrogens with one attached hydrogen (secondary N) is 1. The van der Waals surface area contributed by atoms with Crippen LogP contribution in [0, 0.1) is 0 Å². The van der Waals surface area contributed by atoms with E-state index in [1.165, 1.54) is 13.5 Å². The van der Waals surface area contributed by atoms with Gasteiger partial charge in [-0.25, -0.2) is 0 Å². The second-order valence-corrected chi connectivity index (χ2v) is 6.21. The maximum absolute atomic E-state index is 12.0. The summed E-state index contributed by atoms with van der Waals surface area (Å²) in [6, 6.07) is 0.642. The van der Waals surface area contributed by atoms with Gasteiger partial charge in [-0.1, -0.05) is 6.92 Å². The Kier molecular flexibility index (Phi) is 6.92. The first kappa shape index (κ1) is 17.4. The van der Waals surface area contributed by atoms with Crippen LogP contribution in [0.3, 0.4) is 0 Å². The largest absolute Gasteiger partial charge is 0.468 e. The third-order valence-electron chi connectivity index (χ3n) is 4.31. The fourth-order valence-electron chi connectivity index (χ4n) is 2.71. The van der Waals surface area contributed by atoms with E-state index in [0.29, 0.717) is 6.04 Å². The summed E-state index contributed by atoms with van der Waals surface area (Å²) in [6.07, 6.45) is 3.02. The molecule has 0 aromatic carbocycles. The Hall–Kier alpha value is -0.650.